The SMILES string of the molecule is CCN(C(=O)NCCCCCOC)C(C)(C)C(=O)O. The third kappa shape index (κ3) is 5.92. The minimum atomic E-state index is -1.20. The number of carbonyl (C=O) groups is 2. The van der Waals surface area contributed by atoms with E-state index in [-0.39, 0.29) is 6.03 Å². The van der Waals surface area contributed by atoms with E-state index >= 15 is 0 Å². The minimum absolute atomic E-state index is 0.332. The van der Waals surface area contributed by atoms with Gasteiger partial charge in [0.15, 0.2) is 0 Å². The van der Waals surface area contributed by atoms with E-state index in [4.69, 9.17) is 9.84 Å². The van der Waals surface area contributed by atoms with Gasteiger partial charge in [-0.05, 0) is 40.0 Å². The zero-order valence-corrected chi connectivity index (χ0v) is 12.4. The zero-order chi connectivity index (χ0) is 14.9. The first-order valence-electron chi connectivity index (χ1n) is 6.65. The Hall–Kier alpha value is -1.30. The number of methoxy groups -OCH3 is 1. The molecular formula is C13H26N2O4. The summed E-state index contributed by atoms with van der Waals surface area (Å²) in [6.45, 7) is 6.45. The lowest BCUT2D eigenvalue weighted by Crippen LogP contribution is -2.56. The van der Waals surface area contributed by atoms with Crippen LogP contribution >= 0.6 is 0 Å². The highest BCUT2D eigenvalue weighted by atomic mass is 16.5. The lowest BCUT2D eigenvalue weighted by atomic mass is 10.0. The fourth-order valence-electron chi connectivity index (χ4n) is 1.75. The second kappa shape index (κ2) is 8.74. The van der Waals surface area contributed by atoms with Crippen LogP contribution in [0.5, 0.6) is 0 Å². The Labute approximate surface area is 115 Å². The molecule has 0 saturated heterocycles. The summed E-state index contributed by atoms with van der Waals surface area (Å²) in [5, 5.41) is 11.9. The fourth-order valence-corrected chi connectivity index (χ4v) is 1.75. The van der Waals surface area contributed by atoms with E-state index in [0.29, 0.717) is 13.1 Å². The van der Waals surface area contributed by atoms with E-state index in [1.54, 1.807) is 14.0 Å². The molecule has 0 bridgehead atoms. The van der Waals surface area contributed by atoms with Crippen molar-refractivity contribution < 1.29 is 19.4 Å². The van der Waals surface area contributed by atoms with Gasteiger partial charge in [-0.2, -0.15) is 0 Å². The highest BCUT2D eigenvalue weighted by molar-refractivity contribution is 5.85. The topological polar surface area (TPSA) is 78.9 Å². The first kappa shape index (κ1) is 17.7. The van der Waals surface area contributed by atoms with Gasteiger partial charge in [-0.3, -0.25) is 0 Å². The summed E-state index contributed by atoms with van der Waals surface area (Å²) in [5.41, 5.74) is -1.20. The fraction of sp³-hybridized carbons (Fsp3) is 0.846. The van der Waals surface area contributed by atoms with Crippen molar-refractivity contribution in [1.29, 1.82) is 0 Å². The number of nitrogens with one attached hydrogen (secondary N) is 1. The predicted molar refractivity (Wildman–Crippen MR) is 73.2 cm³/mol. The molecule has 0 aliphatic heterocycles. The number of carboxylic acids is 1. The molecule has 0 aliphatic rings. The average molecular weight is 274 g/mol. The number of amides is 2. The number of urea groups is 1. The second-order valence-corrected chi connectivity index (χ2v) is 4.89. The Kier molecular flexibility index (Phi) is 8.14. The number of hydrogen-bond acceptors (Lipinski definition) is 3. The van der Waals surface area contributed by atoms with Crippen molar-refractivity contribution in [2.75, 3.05) is 26.8 Å². The van der Waals surface area contributed by atoms with Crippen LogP contribution in [0.4, 0.5) is 4.79 Å². The summed E-state index contributed by atoms with van der Waals surface area (Å²) in [7, 11) is 1.66. The molecule has 19 heavy (non-hydrogen) atoms. The first-order valence-corrected chi connectivity index (χ1v) is 6.65. The maximum atomic E-state index is 11.9. The molecule has 0 heterocycles. The molecule has 6 nitrogen and oxygen atoms in total. The van der Waals surface area contributed by atoms with Crippen molar-refractivity contribution in [1.82, 2.24) is 10.2 Å². The van der Waals surface area contributed by atoms with Crippen molar-refractivity contribution in [2.24, 2.45) is 0 Å². The molecule has 112 valence electrons. The van der Waals surface area contributed by atoms with Gasteiger partial charge in [0, 0.05) is 26.8 Å². The van der Waals surface area contributed by atoms with Crippen LogP contribution in [0.3, 0.4) is 0 Å². The Balaban J connectivity index is 4.13. The lowest BCUT2D eigenvalue weighted by molar-refractivity contribution is -0.147. The monoisotopic (exact) mass is 274 g/mol. The average Bonchev–Trinajstić information content (AvgIpc) is 2.34. The van der Waals surface area contributed by atoms with Crippen LogP contribution in [-0.2, 0) is 9.53 Å². The first-order chi connectivity index (χ1) is 8.87. The number of aliphatic carboxylic acids is 1. The Bertz CT molecular complexity index is 292. The zero-order valence-electron chi connectivity index (χ0n) is 12.4. The van der Waals surface area contributed by atoms with Gasteiger partial charge in [0.2, 0.25) is 0 Å². The van der Waals surface area contributed by atoms with Gasteiger partial charge < -0.3 is 20.1 Å². The number of rotatable bonds is 9. The van der Waals surface area contributed by atoms with Crippen LogP contribution in [0.1, 0.15) is 40.0 Å². The van der Waals surface area contributed by atoms with Crippen LogP contribution in [0.25, 0.3) is 0 Å². The van der Waals surface area contributed by atoms with Gasteiger partial charge in [0.25, 0.3) is 0 Å². The molecule has 0 saturated carbocycles. The highest BCUT2D eigenvalue weighted by Gasteiger charge is 2.36. The van der Waals surface area contributed by atoms with Crippen LogP contribution in [0, 0.1) is 0 Å². The summed E-state index contributed by atoms with van der Waals surface area (Å²) in [4.78, 5) is 24.4. The molecule has 0 rings (SSSR count). The van der Waals surface area contributed by atoms with Gasteiger partial charge >= 0.3 is 12.0 Å². The van der Waals surface area contributed by atoms with Crippen molar-refractivity contribution in [3.05, 3.63) is 0 Å². The molecule has 0 aromatic rings. The second-order valence-electron chi connectivity index (χ2n) is 4.89. The number of carboxylic acid groups (broad SMARTS) is 1. The van der Waals surface area contributed by atoms with Crippen molar-refractivity contribution in [3.8, 4) is 0 Å². The van der Waals surface area contributed by atoms with Crippen molar-refractivity contribution in [3.63, 3.8) is 0 Å². The van der Waals surface area contributed by atoms with Crippen molar-refractivity contribution in [2.45, 2.75) is 45.6 Å². The van der Waals surface area contributed by atoms with Crippen LogP contribution in [-0.4, -0.2) is 54.4 Å². The lowest BCUT2D eigenvalue weighted by Gasteiger charge is -2.34. The maximum absolute atomic E-state index is 11.9. The summed E-state index contributed by atoms with van der Waals surface area (Å²) in [5.74, 6) is -1.01. The van der Waals surface area contributed by atoms with E-state index in [0.717, 1.165) is 25.9 Å². The number of carbonyl (C=O) groups excluding carboxylic acids is 1. The summed E-state index contributed by atoms with van der Waals surface area (Å²) < 4.78 is 4.94. The number of hydrogen-bond donors (Lipinski definition) is 2. The minimum Gasteiger partial charge on any atom is -0.480 e. The predicted octanol–water partition coefficient (Wildman–Crippen LogP) is 1.70. The molecule has 0 radical (unpaired) electrons. The Morgan fingerprint density at radius 1 is 1.26 bits per heavy atom. The maximum Gasteiger partial charge on any atom is 0.329 e. The van der Waals surface area contributed by atoms with E-state index in [1.807, 2.05) is 0 Å². The molecule has 2 N–H and O–H groups in total. The number of unbranched alkanes of at least 4 members (excludes halogenated alkanes) is 2. The van der Waals surface area contributed by atoms with E-state index < -0.39 is 11.5 Å². The molecule has 0 unspecified atom stereocenters. The molecule has 0 aromatic carbocycles. The summed E-state index contributed by atoms with van der Waals surface area (Å²) >= 11 is 0. The van der Waals surface area contributed by atoms with Gasteiger partial charge in [-0.1, -0.05) is 0 Å². The van der Waals surface area contributed by atoms with Gasteiger partial charge in [-0.25, -0.2) is 9.59 Å². The smallest absolute Gasteiger partial charge is 0.329 e. The molecule has 0 atom stereocenters. The molecular weight excluding hydrogens is 248 g/mol. The molecule has 2 amide bonds. The van der Waals surface area contributed by atoms with Gasteiger partial charge in [-0.15, -0.1) is 0 Å². The van der Waals surface area contributed by atoms with Crippen LogP contribution < -0.4 is 5.32 Å². The van der Waals surface area contributed by atoms with E-state index in [2.05, 4.69) is 5.32 Å². The molecule has 0 spiro atoms. The molecule has 6 heteroatoms. The van der Waals surface area contributed by atoms with Crippen molar-refractivity contribution >= 4 is 12.0 Å². The highest BCUT2D eigenvalue weighted by Crippen LogP contribution is 2.14. The molecule has 0 aliphatic carbocycles. The van der Waals surface area contributed by atoms with Gasteiger partial charge in [0.05, 0.1) is 0 Å². The number of nitrogens with zero attached hydrogens (tertiary/aromatic N) is 1. The molecule has 0 fully saturated rings. The van der Waals surface area contributed by atoms with Crippen LogP contribution in [0.15, 0.2) is 0 Å². The third-order valence-electron chi connectivity index (χ3n) is 3.06. The standard InChI is InChI=1S/C13H26N2O4/c1-5-15(13(2,3)11(16)17)12(18)14-9-7-6-8-10-19-4/h5-10H2,1-4H3,(H,14,18)(H,16,17). The quantitative estimate of drug-likeness (QED) is 0.627. The summed E-state index contributed by atoms with van der Waals surface area (Å²) in [6, 6.07) is -0.332. The molecule has 0 aromatic heterocycles. The Morgan fingerprint density at radius 2 is 1.89 bits per heavy atom. The Morgan fingerprint density at radius 3 is 2.37 bits per heavy atom. The van der Waals surface area contributed by atoms with Crippen LogP contribution in [0.2, 0.25) is 0 Å². The van der Waals surface area contributed by atoms with E-state index in [1.165, 1.54) is 18.7 Å². The third-order valence-corrected chi connectivity index (χ3v) is 3.06. The van der Waals surface area contributed by atoms with Gasteiger partial charge in [0.1, 0.15) is 5.54 Å². The van der Waals surface area contributed by atoms with E-state index in [9.17, 15) is 9.59 Å². The number of ether oxygens (including phenoxy) is 1. The number of likely N-dealkylation sites (N-methyl/N-ethyl adjacent to an activating group) is 1. The normalized spacial score (nSPS) is 11.2. The largest absolute Gasteiger partial charge is 0.480 e. The summed E-state index contributed by atoms with van der Waals surface area (Å²) in [6.07, 6.45) is 2.80.